The molecule has 0 saturated heterocycles. The number of esters is 1. The standard InChI is InChI=1S/C14H17ClO2/c1-3-10-14(11-15,13(16)17-4-2)12-8-6-5-7-9-12/h3,5-9H,1,4,10-11H2,2H3. The quantitative estimate of drug-likeness (QED) is 0.441. The summed E-state index contributed by atoms with van der Waals surface area (Å²) >= 11 is 6.02. The van der Waals surface area contributed by atoms with Crippen molar-refractivity contribution in [3.8, 4) is 0 Å². The number of benzene rings is 1. The first-order valence-electron chi connectivity index (χ1n) is 5.61. The molecule has 0 saturated carbocycles. The molecule has 0 aliphatic carbocycles. The van der Waals surface area contributed by atoms with Crippen LogP contribution in [-0.4, -0.2) is 18.5 Å². The highest BCUT2D eigenvalue weighted by atomic mass is 35.5. The van der Waals surface area contributed by atoms with E-state index < -0.39 is 5.41 Å². The zero-order valence-electron chi connectivity index (χ0n) is 9.99. The Labute approximate surface area is 107 Å². The third-order valence-corrected chi connectivity index (χ3v) is 3.17. The van der Waals surface area contributed by atoms with Gasteiger partial charge >= 0.3 is 5.97 Å². The van der Waals surface area contributed by atoms with Crippen LogP contribution in [0.5, 0.6) is 0 Å². The SMILES string of the molecule is C=CCC(CCl)(C(=O)OCC)c1ccccc1. The maximum absolute atomic E-state index is 12.1. The molecule has 1 rings (SSSR count). The summed E-state index contributed by atoms with van der Waals surface area (Å²) in [5, 5.41) is 0. The van der Waals surface area contributed by atoms with Gasteiger partial charge in [-0.05, 0) is 18.9 Å². The summed E-state index contributed by atoms with van der Waals surface area (Å²) in [6.45, 7) is 5.83. The molecule has 0 aliphatic rings. The van der Waals surface area contributed by atoms with Gasteiger partial charge in [-0.3, -0.25) is 4.79 Å². The Hall–Kier alpha value is -1.28. The first-order chi connectivity index (χ1) is 8.21. The molecular formula is C14H17ClO2. The van der Waals surface area contributed by atoms with Crippen LogP contribution in [-0.2, 0) is 14.9 Å². The number of rotatable bonds is 6. The second-order valence-corrected chi connectivity index (χ2v) is 4.06. The average Bonchev–Trinajstić information content (AvgIpc) is 2.37. The van der Waals surface area contributed by atoms with Crippen molar-refractivity contribution >= 4 is 17.6 Å². The molecule has 1 aromatic carbocycles. The topological polar surface area (TPSA) is 26.3 Å². The second kappa shape index (κ2) is 6.45. The first kappa shape index (κ1) is 13.8. The van der Waals surface area contributed by atoms with Gasteiger partial charge in [0.1, 0.15) is 5.41 Å². The number of ether oxygens (including phenoxy) is 1. The Kier molecular flexibility index (Phi) is 5.23. The average molecular weight is 253 g/mol. The fourth-order valence-electron chi connectivity index (χ4n) is 1.78. The number of carbonyl (C=O) groups excluding carboxylic acids is 1. The molecule has 0 aliphatic heterocycles. The maximum Gasteiger partial charge on any atom is 0.318 e. The number of hydrogen-bond donors (Lipinski definition) is 0. The Balaban J connectivity index is 3.17. The van der Waals surface area contributed by atoms with Crippen LogP contribution < -0.4 is 0 Å². The third-order valence-electron chi connectivity index (χ3n) is 2.71. The van der Waals surface area contributed by atoms with Gasteiger partial charge in [0.25, 0.3) is 0 Å². The van der Waals surface area contributed by atoms with Crippen molar-refractivity contribution in [3.05, 3.63) is 48.6 Å². The van der Waals surface area contributed by atoms with Crippen molar-refractivity contribution in [3.63, 3.8) is 0 Å². The molecule has 92 valence electrons. The van der Waals surface area contributed by atoms with Gasteiger partial charge in [0.05, 0.1) is 6.61 Å². The largest absolute Gasteiger partial charge is 0.465 e. The zero-order valence-corrected chi connectivity index (χ0v) is 10.7. The van der Waals surface area contributed by atoms with Crippen LogP contribution in [0, 0.1) is 0 Å². The van der Waals surface area contributed by atoms with Gasteiger partial charge in [-0.15, -0.1) is 18.2 Å². The monoisotopic (exact) mass is 252 g/mol. The number of alkyl halides is 1. The molecule has 0 heterocycles. The molecule has 1 atom stereocenters. The third kappa shape index (κ3) is 2.89. The van der Waals surface area contributed by atoms with Crippen LogP contribution in [0.2, 0.25) is 0 Å². The number of carbonyl (C=O) groups is 1. The van der Waals surface area contributed by atoms with Crippen molar-refractivity contribution < 1.29 is 9.53 Å². The Bertz CT molecular complexity index is 375. The highest BCUT2D eigenvalue weighted by Gasteiger charge is 2.39. The molecule has 0 fully saturated rings. The Morgan fingerprint density at radius 2 is 2.12 bits per heavy atom. The van der Waals surface area contributed by atoms with Crippen LogP contribution in [0.4, 0.5) is 0 Å². The van der Waals surface area contributed by atoms with E-state index in [1.54, 1.807) is 13.0 Å². The molecule has 2 nitrogen and oxygen atoms in total. The molecule has 3 heteroatoms. The predicted molar refractivity (Wildman–Crippen MR) is 70.3 cm³/mol. The van der Waals surface area contributed by atoms with E-state index in [1.807, 2.05) is 30.3 Å². The van der Waals surface area contributed by atoms with Crippen LogP contribution in [0.15, 0.2) is 43.0 Å². The molecule has 0 aromatic heterocycles. The van der Waals surface area contributed by atoms with Crippen LogP contribution in [0.25, 0.3) is 0 Å². The molecule has 0 bridgehead atoms. The lowest BCUT2D eigenvalue weighted by atomic mass is 9.79. The number of allylic oxidation sites excluding steroid dienone is 1. The molecule has 0 N–H and O–H groups in total. The van der Waals surface area contributed by atoms with Crippen molar-refractivity contribution in [2.75, 3.05) is 12.5 Å². The lowest BCUT2D eigenvalue weighted by Gasteiger charge is -2.28. The highest BCUT2D eigenvalue weighted by Crippen LogP contribution is 2.31. The number of hydrogen-bond acceptors (Lipinski definition) is 2. The molecule has 1 aromatic rings. The Morgan fingerprint density at radius 1 is 1.47 bits per heavy atom. The lowest BCUT2D eigenvalue weighted by molar-refractivity contribution is -0.149. The summed E-state index contributed by atoms with van der Waals surface area (Å²) in [5.74, 6) is -0.108. The van der Waals surface area contributed by atoms with Gasteiger partial charge in [0, 0.05) is 5.88 Å². The van der Waals surface area contributed by atoms with Crippen LogP contribution in [0.3, 0.4) is 0 Å². The summed E-state index contributed by atoms with van der Waals surface area (Å²) in [6, 6.07) is 9.46. The van der Waals surface area contributed by atoms with Gasteiger partial charge in [0.2, 0.25) is 0 Å². The second-order valence-electron chi connectivity index (χ2n) is 3.80. The van der Waals surface area contributed by atoms with Crippen LogP contribution >= 0.6 is 11.6 Å². The molecule has 0 spiro atoms. The summed E-state index contributed by atoms with van der Waals surface area (Å²) in [6.07, 6.45) is 2.17. The van der Waals surface area contributed by atoms with Gasteiger partial charge in [-0.2, -0.15) is 0 Å². The fourth-order valence-corrected chi connectivity index (χ4v) is 2.15. The Morgan fingerprint density at radius 3 is 2.59 bits per heavy atom. The first-order valence-corrected chi connectivity index (χ1v) is 6.14. The van der Waals surface area contributed by atoms with Crippen molar-refractivity contribution in [2.45, 2.75) is 18.8 Å². The minimum Gasteiger partial charge on any atom is -0.465 e. The van der Waals surface area contributed by atoms with Gasteiger partial charge in [-0.1, -0.05) is 36.4 Å². The van der Waals surface area contributed by atoms with E-state index in [0.29, 0.717) is 13.0 Å². The fraction of sp³-hybridized carbons (Fsp3) is 0.357. The molecule has 17 heavy (non-hydrogen) atoms. The maximum atomic E-state index is 12.1. The van der Waals surface area contributed by atoms with E-state index >= 15 is 0 Å². The lowest BCUT2D eigenvalue weighted by Crippen LogP contribution is -2.39. The van der Waals surface area contributed by atoms with Crippen molar-refractivity contribution in [1.82, 2.24) is 0 Å². The highest BCUT2D eigenvalue weighted by molar-refractivity contribution is 6.20. The van der Waals surface area contributed by atoms with Gasteiger partial charge in [0.15, 0.2) is 0 Å². The minimum atomic E-state index is -0.819. The van der Waals surface area contributed by atoms with E-state index in [4.69, 9.17) is 16.3 Å². The number of halogens is 1. The van der Waals surface area contributed by atoms with E-state index in [2.05, 4.69) is 6.58 Å². The summed E-state index contributed by atoms with van der Waals surface area (Å²) in [5.41, 5.74) is 0.0500. The van der Waals surface area contributed by atoms with E-state index in [1.165, 1.54) is 0 Å². The molecule has 1 unspecified atom stereocenters. The molecule has 0 amide bonds. The smallest absolute Gasteiger partial charge is 0.318 e. The summed E-state index contributed by atoms with van der Waals surface area (Å²) in [7, 11) is 0. The zero-order chi connectivity index (χ0) is 12.7. The van der Waals surface area contributed by atoms with Crippen molar-refractivity contribution in [1.29, 1.82) is 0 Å². The van der Waals surface area contributed by atoms with Crippen LogP contribution in [0.1, 0.15) is 18.9 Å². The van der Waals surface area contributed by atoms with E-state index in [9.17, 15) is 4.79 Å². The summed E-state index contributed by atoms with van der Waals surface area (Å²) < 4.78 is 5.13. The normalized spacial score (nSPS) is 13.8. The summed E-state index contributed by atoms with van der Waals surface area (Å²) in [4.78, 5) is 12.1. The minimum absolute atomic E-state index is 0.182. The van der Waals surface area contributed by atoms with E-state index in [0.717, 1.165) is 5.56 Å². The van der Waals surface area contributed by atoms with Gasteiger partial charge < -0.3 is 4.74 Å². The molecular weight excluding hydrogens is 236 g/mol. The van der Waals surface area contributed by atoms with Crippen molar-refractivity contribution in [2.24, 2.45) is 0 Å². The van der Waals surface area contributed by atoms with Gasteiger partial charge in [-0.25, -0.2) is 0 Å². The molecule has 0 radical (unpaired) electrons. The van der Waals surface area contributed by atoms with E-state index in [-0.39, 0.29) is 11.8 Å². The predicted octanol–water partition coefficient (Wildman–Crippen LogP) is 3.30.